The molecule has 0 aromatic heterocycles. The number of unbranched alkanes of at least 4 members (excludes halogenated alkanes) is 25. The van der Waals surface area contributed by atoms with Crippen molar-refractivity contribution in [3.8, 4) is 0 Å². The highest BCUT2D eigenvalue weighted by Crippen LogP contribution is 2.42. The van der Waals surface area contributed by atoms with Gasteiger partial charge in [0.05, 0.1) is 12.7 Å². The first-order valence-corrected chi connectivity index (χ1v) is 28.1. The number of phosphoric acid groups is 1. The van der Waals surface area contributed by atoms with Crippen molar-refractivity contribution in [2.24, 2.45) is 0 Å². The minimum absolute atomic E-state index is 0.0642. The Hall–Kier alpha value is -1.55. The molecule has 0 spiro atoms. The number of carboxylic acids is 1. The van der Waals surface area contributed by atoms with Gasteiger partial charge in [0.15, 0.2) is 6.29 Å². The molecule has 6 atom stereocenters. The summed E-state index contributed by atoms with van der Waals surface area (Å²) in [6.45, 7) is 5.84. The number of aliphatic carboxylic acids is 1. The molecule has 0 bridgehead atoms. The number of phosphoric ester groups is 1. The van der Waals surface area contributed by atoms with Crippen LogP contribution in [-0.4, -0.2) is 103 Å². The summed E-state index contributed by atoms with van der Waals surface area (Å²) in [6.07, 6.45) is 29.7. The molecule has 0 unspecified atom stereocenters. The maximum atomic E-state index is 15.6. The Morgan fingerprint density at radius 1 is 0.672 bits per heavy atom. The minimum atomic E-state index is -5.27. The summed E-state index contributed by atoms with van der Waals surface area (Å²) in [5.74, 6) is -6.89. The van der Waals surface area contributed by atoms with Crippen molar-refractivity contribution in [2.75, 3.05) is 33.5 Å². The number of rotatable bonds is 47. The highest BCUT2D eigenvalue weighted by molar-refractivity contribution is 7.46. The molecule has 1 aliphatic heterocycles. The fraction of sp³-hybridized carbons (Fsp3) is 0.922. The van der Waals surface area contributed by atoms with Crippen molar-refractivity contribution in [3.05, 3.63) is 12.2 Å². The van der Waals surface area contributed by atoms with E-state index in [-0.39, 0.29) is 25.7 Å². The Bertz CT molecular complexity index is 1280. The van der Waals surface area contributed by atoms with Crippen LogP contribution >= 0.6 is 7.82 Å². The number of carbonyl (C=O) groups excluding carboxylic acids is 1. The van der Waals surface area contributed by atoms with Crippen LogP contribution in [0.15, 0.2) is 12.2 Å². The van der Waals surface area contributed by atoms with Gasteiger partial charge >= 0.3 is 19.7 Å². The summed E-state index contributed by atoms with van der Waals surface area (Å²) in [7, 11) is -3.96. The zero-order valence-electron chi connectivity index (χ0n) is 42.3. The van der Waals surface area contributed by atoms with Crippen LogP contribution in [0.4, 0.5) is 8.78 Å². The lowest BCUT2D eigenvalue weighted by molar-refractivity contribution is -0.276. The Kier molecular flexibility index (Phi) is 38.9. The van der Waals surface area contributed by atoms with Crippen molar-refractivity contribution in [3.63, 3.8) is 0 Å². The average Bonchev–Trinajstić information content (AvgIpc) is 3.28. The van der Waals surface area contributed by atoms with Crippen molar-refractivity contribution in [1.82, 2.24) is 5.32 Å². The van der Waals surface area contributed by atoms with Gasteiger partial charge in [-0.3, -0.25) is 9.32 Å². The largest absolute Gasteiger partial charge is 0.480 e. The number of nitrogens with one attached hydrogen (secondary N) is 1. The molecule has 0 aromatic rings. The van der Waals surface area contributed by atoms with Crippen molar-refractivity contribution in [2.45, 2.75) is 269 Å². The third-order valence-electron chi connectivity index (χ3n) is 12.5. The topological polar surface area (TPSA) is 179 Å². The van der Waals surface area contributed by atoms with Crippen LogP contribution < -0.4 is 5.32 Å². The summed E-state index contributed by atoms with van der Waals surface area (Å²) < 4.78 is 78.1. The molecule has 13 nitrogen and oxygen atoms in total. The lowest BCUT2D eigenvalue weighted by Gasteiger charge is -2.46. The van der Waals surface area contributed by atoms with Gasteiger partial charge in [-0.1, -0.05) is 181 Å². The predicted octanol–water partition coefficient (Wildman–Crippen LogP) is 12.9. The molecule has 4 N–H and O–H groups in total. The summed E-state index contributed by atoms with van der Waals surface area (Å²) >= 11 is 0. The van der Waals surface area contributed by atoms with Crippen molar-refractivity contribution < 1.29 is 66.0 Å². The predicted molar refractivity (Wildman–Crippen MR) is 261 cm³/mol. The summed E-state index contributed by atoms with van der Waals surface area (Å²) in [6, 6.07) is -1.65. The van der Waals surface area contributed by atoms with Gasteiger partial charge in [-0.25, -0.2) is 9.36 Å². The van der Waals surface area contributed by atoms with Crippen LogP contribution in [-0.2, 0) is 42.4 Å². The Morgan fingerprint density at radius 3 is 1.69 bits per heavy atom. The molecular weight excluding hydrogens is 888 g/mol. The number of carboxylic acid groups (broad SMARTS) is 1. The smallest absolute Gasteiger partial charge is 0.470 e. The normalized spacial score (nSPS) is 19.6. The molecule has 1 heterocycles. The number of ether oxygens (including phenoxy) is 5. The monoisotopic (exact) mass is 984 g/mol. The molecule has 1 aliphatic rings. The second-order valence-electron chi connectivity index (χ2n) is 18.7. The molecule has 1 fully saturated rings. The molecule has 0 aliphatic carbocycles. The lowest BCUT2D eigenvalue weighted by atomic mass is 9.95. The van der Waals surface area contributed by atoms with Crippen LogP contribution in [0.1, 0.15) is 226 Å². The maximum Gasteiger partial charge on any atom is 0.470 e. The van der Waals surface area contributed by atoms with E-state index in [1.807, 2.05) is 0 Å². The van der Waals surface area contributed by atoms with E-state index >= 15 is 8.78 Å². The van der Waals surface area contributed by atoms with Gasteiger partial charge in [0.1, 0.15) is 31.0 Å². The Balaban J connectivity index is 3.12. The molecule has 67 heavy (non-hydrogen) atoms. The van der Waals surface area contributed by atoms with Gasteiger partial charge in [0, 0.05) is 26.7 Å². The van der Waals surface area contributed by atoms with Crippen LogP contribution in [0, 0.1) is 0 Å². The van der Waals surface area contributed by atoms with Gasteiger partial charge in [-0.15, -0.1) is 0 Å². The first-order valence-electron chi connectivity index (χ1n) is 26.6. The summed E-state index contributed by atoms with van der Waals surface area (Å²) in [4.78, 5) is 45.1. The van der Waals surface area contributed by atoms with E-state index in [4.69, 9.17) is 28.2 Å². The summed E-state index contributed by atoms with van der Waals surface area (Å²) in [5.41, 5.74) is 0. The number of amides is 1. The van der Waals surface area contributed by atoms with E-state index in [2.05, 4.69) is 38.2 Å². The molecule has 0 radical (unpaired) electrons. The first kappa shape index (κ1) is 63.5. The molecule has 1 rings (SSSR count). The van der Waals surface area contributed by atoms with Crippen molar-refractivity contribution in [1.29, 1.82) is 0 Å². The first-order chi connectivity index (χ1) is 32.3. The van der Waals surface area contributed by atoms with Crippen LogP contribution in [0.5, 0.6) is 0 Å². The van der Waals surface area contributed by atoms with Gasteiger partial charge < -0.3 is 43.9 Å². The molecular formula is C51H96F2NO12P. The van der Waals surface area contributed by atoms with Gasteiger partial charge in [-0.05, 0) is 51.4 Å². The summed E-state index contributed by atoms with van der Waals surface area (Å²) in [5, 5.41) is 11.7. The van der Waals surface area contributed by atoms with Gasteiger partial charge in [0.2, 0.25) is 0 Å². The third-order valence-corrected chi connectivity index (χ3v) is 13.0. The molecule has 0 aromatic carbocycles. The van der Waals surface area contributed by atoms with E-state index in [0.717, 1.165) is 96.3 Å². The fourth-order valence-electron chi connectivity index (χ4n) is 8.56. The number of hydrogen-bond donors (Lipinski definition) is 4. The Morgan fingerprint density at radius 2 is 1.16 bits per heavy atom. The zero-order chi connectivity index (χ0) is 49.4. The van der Waals surface area contributed by atoms with Crippen LogP contribution in [0.2, 0.25) is 0 Å². The van der Waals surface area contributed by atoms with E-state index < -0.39 is 69.3 Å². The standard InChI is InChI=1S/C51H96F2NO12P/c1-5-8-11-14-17-20-22-23-26-29-32-35-39-62-43(36-33-30-27-24-19-16-13-10-7-3)37-40-63-48-46(49(64-42-45(55)56)65-44(41-61-4)47(48)66-67(58,59)60)54-50(57)51(52,53)38-34-31-28-25-21-18-15-12-9-6-2/h20,22,43-44,46-49H,5-19,21,23-42H2,1-4H3,(H,54,57)(H,55,56)(H2,58,59,60)/b22-20-/t43-,44-,46-,47-,48-,49+/m1/s1. The van der Waals surface area contributed by atoms with Crippen LogP contribution in [0.3, 0.4) is 0 Å². The molecule has 1 amide bonds. The van der Waals surface area contributed by atoms with Crippen LogP contribution in [0.25, 0.3) is 0 Å². The highest BCUT2D eigenvalue weighted by Gasteiger charge is 2.53. The number of allylic oxidation sites excluding steroid dienone is 2. The van der Waals surface area contributed by atoms with Gasteiger partial charge in [-0.2, -0.15) is 8.78 Å². The molecule has 396 valence electrons. The number of halogens is 2. The van der Waals surface area contributed by atoms with E-state index in [1.54, 1.807) is 0 Å². The quantitative estimate of drug-likeness (QED) is 0.0258. The number of alkyl halides is 2. The number of methoxy groups -OCH3 is 1. The third kappa shape index (κ3) is 33.6. The number of carbonyl (C=O) groups is 2. The molecule has 1 saturated heterocycles. The average molecular weight is 984 g/mol. The fourth-order valence-corrected chi connectivity index (χ4v) is 9.13. The second-order valence-corrected chi connectivity index (χ2v) is 19.8. The van der Waals surface area contributed by atoms with E-state index in [0.29, 0.717) is 19.4 Å². The number of hydrogen-bond acceptors (Lipinski definition) is 9. The minimum Gasteiger partial charge on any atom is -0.480 e. The molecule has 16 heteroatoms. The van der Waals surface area contributed by atoms with Gasteiger partial charge in [0.25, 0.3) is 5.91 Å². The van der Waals surface area contributed by atoms with Crippen molar-refractivity contribution >= 4 is 19.7 Å². The highest BCUT2D eigenvalue weighted by atomic mass is 31.2. The maximum absolute atomic E-state index is 15.6. The molecule has 0 saturated carbocycles. The second kappa shape index (κ2) is 41.1. The SMILES string of the molecule is CCCCCC/C=C\CCCCCCO[C@H](CCCCCCCCCCC)CCO[C@@H]1[C@@H](NC(=O)C(F)(F)CCCCCCCCCCCC)[C@@H](OCC(=O)O)O[C@H](COC)[C@H]1OP(=O)(O)O. The van der Waals surface area contributed by atoms with E-state index in [1.165, 1.54) is 90.6 Å². The van der Waals surface area contributed by atoms with E-state index in [9.17, 15) is 29.0 Å². The lowest BCUT2D eigenvalue weighted by Crippen LogP contribution is -2.67. The Labute approximate surface area is 404 Å². The zero-order valence-corrected chi connectivity index (χ0v) is 43.2.